The summed E-state index contributed by atoms with van der Waals surface area (Å²) in [6.07, 6.45) is 1.61. The third kappa shape index (κ3) is 4.56. The Morgan fingerprint density at radius 2 is 1.81 bits per heavy atom. The van der Waals surface area contributed by atoms with E-state index in [4.69, 9.17) is 28.2 Å². The lowest BCUT2D eigenvalue weighted by molar-refractivity contribution is 0.866. The van der Waals surface area contributed by atoms with Crippen LogP contribution < -0.4 is 10.2 Å². The lowest BCUT2D eigenvalue weighted by atomic mass is 10.1. The van der Waals surface area contributed by atoms with E-state index in [0.29, 0.717) is 10.3 Å². The summed E-state index contributed by atoms with van der Waals surface area (Å²) in [5.41, 5.74) is 6.35. The van der Waals surface area contributed by atoms with Gasteiger partial charge in [0.15, 0.2) is 15.4 Å². The summed E-state index contributed by atoms with van der Waals surface area (Å²) in [7, 11) is 0. The van der Waals surface area contributed by atoms with E-state index in [1.165, 1.54) is 11.3 Å². The number of imidazole rings is 1. The Hall–Kier alpha value is -2.54. The minimum absolute atomic E-state index is 0.293. The molecule has 4 rings (SSSR count). The van der Waals surface area contributed by atoms with E-state index in [1.807, 2.05) is 24.3 Å². The molecule has 31 heavy (non-hydrogen) atoms. The van der Waals surface area contributed by atoms with Gasteiger partial charge in [-0.1, -0.05) is 35.3 Å². The van der Waals surface area contributed by atoms with E-state index >= 15 is 0 Å². The molecular formula is C23H23Cl2N5S. The number of nitrogens with zero attached hydrogens (tertiary/aromatic N) is 4. The molecule has 0 saturated carbocycles. The number of aromatic nitrogens is 3. The number of benzene rings is 2. The molecule has 0 atom stereocenters. The van der Waals surface area contributed by atoms with Crippen molar-refractivity contribution in [3.05, 3.63) is 70.0 Å². The van der Waals surface area contributed by atoms with Crippen molar-refractivity contribution in [3.63, 3.8) is 0 Å². The van der Waals surface area contributed by atoms with Gasteiger partial charge < -0.3 is 10.2 Å². The minimum Gasteiger partial charge on any atom is -0.372 e. The average molecular weight is 472 g/mol. The Morgan fingerprint density at radius 1 is 1.06 bits per heavy atom. The van der Waals surface area contributed by atoms with Gasteiger partial charge in [-0.05, 0) is 56.7 Å². The molecule has 0 aliphatic rings. The molecule has 5 nitrogen and oxygen atoms in total. The fraction of sp³-hybridized carbons (Fsp3) is 0.217. The van der Waals surface area contributed by atoms with Gasteiger partial charge in [0, 0.05) is 41.1 Å². The highest BCUT2D eigenvalue weighted by molar-refractivity contribution is 7.14. The number of anilines is 3. The highest BCUT2D eigenvalue weighted by Crippen LogP contribution is 2.31. The molecule has 0 saturated heterocycles. The third-order valence-electron chi connectivity index (χ3n) is 5.19. The van der Waals surface area contributed by atoms with Gasteiger partial charge in [0.25, 0.3) is 0 Å². The number of rotatable bonds is 7. The van der Waals surface area contributed by atoms with Gasteiger partial charge >= 0.3 is 0 Å². The Balaban J connectivity index is 1.50. The van der Waals surface area contributed by atoms with Gasteiger partial charge in [-0.25, -0.2) is 9.97 Å². The van der Waals surface area contributed by atoms with Crippen LogP contribution in [0.25, 0.3) is 16.9 Å². The number of halogens is 2. The molecule has 0 radical (unpaired) electrons. The molecule has 2 aromatic heterocycles. The fourth-order valence-corrected chi connectivity index (χ4v) is 4.49. The van der Waals surface area contributed by atoms with Crippen molar-refractivity contribution in [1.82, 2.24) is 14.5 Å². The van der Waals surface area contributed by atoms with E-state index in [0.717, 1.165) is 40.9 Å². The third-order valence-corrected chi connectivity index (χ3v) is 6.69. The summed E-state index contributed by atoms with van der Waals surface area (Å²) in [4.78, 5) is 11.1. The van der Waals surface area contributed by atoms with Crippen molar-refractivity contribution in [1.29, 1.82) is 0 Å². The molecule has 4 aromatic rings. The lowest BCUT2D eigenvalue weighted by Crippen LogP contribution is -2.21. The highest BCUT2D eigenvalue weighted by Gasteiger charge is 2.11. The molecule has 160 valence electrons. The van der Waals surface area contributed by atoms with Gasteiger partial charge in [0.2, 0.25) is 0 Å². The standard InChI is InChI=1S/C23H23Cl2N5S/c1-4-29(5-2)18-10-11-19(15(3)12-18)27-23-28-20(13-31-23)16-6-8-17(9-7-16)30-14-26-21(24)22(30)25/h6-14H,4-5H2,1-3H3,(H,27,28). The number of hydrogen-bond acceptors (Lipinski definition) is 5. The van der Waals surface area contributed by atoms with Crippen molar-refractivity contribution in [2.24, 2.45) is 0 Å². The Morgan fingerprint density at radius 3 is 2.42 bits per heavy atom. The van der Waals surface area contributed by atoms with E-state index < -0.39 is 0 Å². The van der Waals surface area contributed by atoms with E-state index in [1.54, 1.807) is 22.2 Å². The monoisotopic (exact) mass is 471 g/mol. The molecule has 8 heteroatoms. The zero-order chi connectivity index (χ0) is 22.0. The van der Waals surface area contributed by atoms with Crippen LogP contribution in [0.15, 0.2) is 54.2 Å². The van der Waals surface area contributed by atoms with E-state index in [2.05, 4.69) is 59.6 Å². The smallest absolute Gasteiger partial charge is 0.187 e. The van der Waals surface area contributed by atoms with Gasteiger partial charge in [-0.15, -0.1) is 11.3 Å². The topological polar surface area (TPSA) is 46.0 Å². The second-order valence-corrected chi connectivity index (χ2v) is 8.65. The molecule has 0 amide bonds. The summed E-state index contributed by atoms with van der Waals surface area (Å²) in [6, 6.07) is 14.5. The first-order valence-corrected chi connectivity index (χ1v) is 11.7. The van der Waals surface area contributed by atoms with Gasteiger partial charge in [-0.3, -0.25) is 4.57 Å². The average Bonchev–Trinajstić information content (AvgIpc) is 3.38. The fourth-order valence-electron chi connectivity index (χ4n) is 3.44. The van der Waals surface area contributed by atoms with E-state index in [-0.39, 0.29) is 0 Å². The van der Waals surface area contributed by atoms with Gasteiger partial charge in [-0.2, -0.15) is 0 Å². The summed E-state index contributed by atoms with van der Waals surface area (Å²) in [5, 5.41) is 7.07. The van der Waals surface area contributed by atoms with Crippen molar-refractivity contribution in [3.8, 4) is 16.9 Å². The van der Waals surface area contributed by atoms with Crippen LogP contribution in [0.3, 0.4) is 0 Å². The molecule has 0 spiro atoms. The maximum absolute atomic E-state index is 6.18. The van der Waals surface area contributed by atoms with Crippen molar-refractivity contribution >= 4 is 51.0 Å². The van der Waals surface area contributed by atoms with Gasteiger partial charge in [0.1, 0.15) is 6.33 Å². The quantitative estimate of drug-likeness (QED) is 0.309. The SMILES string of the molecule is CCN(CC)c1ccc(Nc2nc(-c3ccc(-n4cnc(Cl)c4Cl)cc3)cs2)c(C)c1. The predicted molar refractivity (Wildman–Crippen MR) is 133 cm³/mol. The summed E-state index contributed by atoms with van der Waals surface area (Å²) in [6.45, 7) is 8.46. The number of thiazole rings is 1. The van der Waals surface area contributed by atoms with Crippen LogP contribution in [0.1, 0.15) is 19.4 Å². The first-order chi connectivity index (χ1) is 15.0. The second-order valence-electron chi connectivity index (χ2n) is 7.08. The molecule has 0 aliphatic heterocycles. The van der Waals surface area contributed by atoms with Crippen LogP contribution in [-0.4, -0.2) is 27.6 Å². The highest BCUT2D eigenvalue weighted by atomic mass is 35.5. The molecular weight excluding hydrogens is 449 g/mol. The zero-order valence-corrected chi connectivity index (χ0v) is 19.9. The summed E-state index contributed by atoms with van der Waals surface area (Å²) in [5.74, 6) is 0. The van der Waals surface area contributed by atoms with Crippen molar-refractivity contribution in [2.45, 2.75) is 20.8 Å². The Labute approximate surface area is 196 Å². The van der Waals surface area contributed by atoms with Crippen molar-refractivity contribution in [2.75, 3.05) is 23.3 Å². The number of aryl methyl sites for hydroxylation is 1. The lowest BCUT2D eigenvalue weighted by Gasteiger charge is -2.22. The Bertz CT molecular complexity index is 1180. The zero-order valence-electron chi connectivity index (χ0n) is 17.6. The summed E-state index contributed by atoms with van der Waals surface area (Å²) < 4.78 is 1.74. The second kappa shape index (κ2) is 9.30. The number of hydrogen-bond donors (Lipinski definition) is 1. The first-order valence-electron chi connectivity index (χ1n) is 10.1. The van der Waals surface area contributed by atoms with Gasteiger partial charge in [0.05, 0.1) is 5.69 Å². The van der Waals surface area contributed by atoms with Crippen LogP contribution in [0.5, 0.6) is 0 Å². The number of nitrogens with one attached hydrogen (secondary N) is 1. The normalized spacial score (nSPS) is 11.0. The van der Waals surface area contributed by atoms with Crippen LogP contribution >= 0.6 is 34.5 Å². The molecule has 2 aromatic carbocycles. The molecule has 0 bridgehead atoms. The molecule has 1 N–H and O–H groups in total. The van der Waals surface area contributed by atoms with Crippen LogP contribution in [0.4, 0.5) is 16.5 Å². The largest absolute Gasteiger partial charge is 0.372 e. The predicted octanol–water partition coefficient (Wildman–Crippen LogP) is 7.20. The summed E-state index contributed by atoms with van der Waals surface area (Å²) >= 11 is 13.7. The van der Waals surface area contributed by atoms with Crippen LogP contribution in [0.2, 0.25) is 10.3 Å². The van der Waals surface area contributed by atoms with Crippen LogP contribution in [0, 0.1) is 6.92 Å². The first kappa shape index (κ1) is 21.7. The Kier molecular flexibility index (Phi) is 6.51. The van der Waals surface area contributed by atoms with Crippen LogP contribution in [-0.2, 0) is 0 Å². The van der Waals surface area contributed by atoms with E-state index in [9.17, 15) is 0 Å². The maximum atomic E-state index is 6.18. The molecule has 0 aliphatic carbocycles. The molecule has 0 fully saturated rings. The maximum Gasteiger partial charge on any atom is 0.187 e. The van der Waals surface area contributed by atoms with Crippen molar-refractivity contribution < 1.29 is 0 Å². The molecule has 2 heterocycles. The minimum atomic E-state index is 0.293. The molecule has 0 unspecified atom stereocenters.